The Balaban J connectivity index is 2.03. The molecule has 5 nitrogen and oxygen atoms in total. The van der Waals surface area contributed by atoms with E-state index >= 15 is 0 Å². The first-order valence-electron chi connectivity index (χ1n) is 5.98. The summed E-state index contributed by atoms with van der Waals surface area (Å²) in [4.78, 5) is 17.2. The van der Waals surface area contributed by atoms with Gasteiger partial charge in [-0.05, 0) is 18.1 Å². The van der Waals surface area contributed by atoms with E-state index in [1.807, 2.05) is 18.2 Å². The summed E-state index contributed by atoms with van der Waals surface area (Å²) in [5.74, 6) is 0. The molecule has 0 bridgehead atoms. The number of H-pyrrole nitrogens is 1. The van der Waals surface area contributed by atoms with E-state index in [4.69, 9.17) is 6.57 Å². The molecule has 1 aliphatic rings. The number of anilines is 1. The maximum atomic E-state index is 11.6. The van der Waals surface area contributed by atoms with Gasteiger partial charge >= 0.3 is 0 Å². The molecule has 5 heteroatoms. The van der Waals surface area contributed by atoms with Crippen LogP contribution in [0.15, 0.2) is 29.2 Å². The molecule has 94 valence electrons. The summed E-state index contributed by atoms with van der Waals surface area (Å²) in [6.45, 7) is 10.4. The van der Waals surface area contributed by atoms with Crippen LogP contribution in [-0.2, 0) is 13.1 Å². The van der Waals surface area contributed by atoms with Crippen molar-refractivity contribution in [1.29, 1.82) is 0 Å². The van der Waals surface area contributed by atoms with Gasteiger partial charge in [0.15, 0.2) is 5.69 Å². The fourth-order valence-corrected chi connectivity index (χ4v) is 2.45. The van der Waals surface area contributed by atoms with E-state index in [-0.39, 0.29) is 5.56 Å². The average molecular weight is 252 g/mol. The summed E-state index contributed by atoms with van der Waals surface area (Å²) in [6, 6.07) is 5.76. The van der Waals surface area contributed by atoms with E-state index < -0.39 is 0 Å². The fraction of sp³-hybridized carbons (Fsp3) is 0.214. The Labute approximate surface area is 110 Å². The zero-order valence-corrected chi connectivity index (χ0v) is 10.5. The topological polar surface area (TPSA) is 53.4 Å². The summed E-state index contributed by atoms with van der Waals surface area (Å²) in [5, 5.41) is 6.28. The predicted octanol–water partition coefficient (Wildman–Crippen LogP) is 2.15. The largest absolute Gasteiger partial charge is 0.362 e. The van der Waals surface area contributed by atoms with Gasteiger partial charge in [0, 0.05) is 18.7 Å². The van der Waals surface area contributed by atoms with E-state index in [2.05, 4.69) is 19.9 Å². The fourth-order valence-electron chi connectivity index (χ4n) is 2.45. The molecule has 19 heavy (non-hydrogen) atoms. The monoisotopic (exact) mass is 252 g/mol. The van der Waals surface area contributed by atoms with Crippen LogP contribution in [0.2, 0.25) is 0 Å². The molecule has 2 aromatic rings. The molecule has 0 saturated heterocycles. The van der Waals surface area contributed by atoms with Crippen LogP contribution < -0.4 is 10.5 Å². The van der Waals surface area contributed by atoms with Crippen molar-refractivity contribution >= 4 is 11.4 Å². The third kappa shape index (κ3) is 1.78. The van der Waals surface area contributed by atoms with Crippen molar-refractivity contribution in [2.75, 3.05) is 4.90 Å². The number of aromatic amines is 1. The second-order valence-corrected chi connectivity index (χ2v) is 4.59. The van der Waals surface area contributed by atoms with Crippen molar-refractivity contribution in [2.24, 2.45) is 0 Å². The Morgan fingerprint density at radius 2 is 2.26 bits per heavy atom. The van der Waals surface area contributed by atoms with Gasteiger partial charge in [0.05, 0.1) is 18.5 Å². The summed E-state index contributed by atoms with van der Waals surface area (Å²) >= 11 is 0. The number of hydrogen-bond donors (Lipinski definition) is 1. The van der Waals surface area contributed by atoms with Crippen molar-refractivity contribution in [2.45, 2.75) is 20.0 Å². The second kappa shape index (κ2) is 4.25. The first kappa shape index (κ1) is 11.5. The highest BCUT2D eigenvalue weighted by molar-refractivity contribution is 5.63. The SMILES string of the molecule is [C-]#[N+]c1cccc2c1CN(c1cn[nH]c(=O)c1C)C2. The van der Waals surface area contributed by atoms with E-state index in [0.29, 0.717) is 24.3 Å². The number of nitrogens with zero attached hydrogens (tertiary/aromatic N) is 3. The van der Waals surface area contributed by atoms with Gasteiger partial charge in [-0.25, -0.2) is 9.94 Å². The summed E-state index contributed by atoms with van der Waals surface area (Å²) in [7, 11) is 0. The van der Waals surface area contributed by atoms with Gasteiger partial charge in [0.1, 0.15) is 0 Å². The van der Waals surface area contributed by atoms with Gasteiger partial charge in [-0.15, -0.1) is 0 Å². The van der Waals surface area contributed by atoms with Crippen LogP contribution in [0.4, 0.5) is 11.4 Å². The zero-order chi connectivity index (χ0) is 13.4. The van der Waals surface area contributed by atoms with Gasteiger partial charge in [-0.2, -0.15) is 5.10 Å². The minimum absolute atomic E-state index is 0.168. The highest BCUT2D eigenvalue weighted by Crippen LogP contribution is 2.34. The Morgan fingerprint density at radius 1 is 1.42 bits per heavy atom. The summed E-state index contributed by atoms with van der Waals surface area (Å²) in [6.07, 6.45) is 1.67. The molecule has 0 unspecified atom stereocenters. The van der Waals surface area contributed by atoms with Gasteiger partial charge in [-0.3, -0.25) is 4.79 Å². The van der Waals surface area contributed by atoms with Crippen molar-refractivity contribution in [3.8, 4) is 0 Å². The Hall–Kier alpha value is -2.61. The maximum absolute atomic E-state index is 11.6. The van der Waals surface area contributed by atoms with Crippen molar-refractivity contribution in [1.82, 2.24) is 10.2 Å². The van der Waals surface area contributed by atoms with Crippen molar-refractivity contribution < 1.29 is 0 Å². The van der Waals surface area contributed by atoms with Crippen LogP contribution in [0.5, 0.6) is 0 Å². The molecule has 0 saturated carbocycles. The van der Waals surface area contributed by atoms with E-state index in [1.165, 1.54) is 0 Å². The summed E-state index contributed by atoms with van der Waals surface area (Å²) in [5.41, 5.74) is 4.21. The molecule has 1 aromatic carbocycles. The lowest BCUT2D eigenvalue weighted by molar-refractivity contribution is 0.849. The number of rotatable bonds is 1. The number of benzene rings is 1. The minimum Gasteiger partial charge on any atom is -0.362 e. The summed E-state index contributed by atoms with van der Waals surface area (Å²) < 4.78 is 0. The molecule has 0 amide bonds. The normalized spacial score (nSPS) is 13.2. The molecule has 0 aliphatic carbocycles. The predicted molar refractivity (Wildman–Crippen MR) is 72.2 cm³/mol. The van der Waals surface area contributed by atoms with Gasteiger partial charge < -0.3 is 4.90 Å². The molecule has 1 aliphatic heterocycles. The molecule has 0 spiro atoms. The Kier molecular flexibility index (Phi) is 2.57. The number of fused-ring (bicyclic) bond motifs is 1. The standard InChI is InChI=1S/C14H12N4O/c1-9-13(6-16-17-14(9)19)18-7-10-4-3-5-12(15-2)11(10)8-18/h3-6H,7-8H2,1H3,(H,17,19). The first-order valence-corrected chi connectivity index (χ1v) is 5.98. The molecule has 0 radical (unpaired) electrons. The smallest absolute Gasteiger partial charge is 0.269 e. The van der Waals surface area contributed by atoms with Crippen molar-refractivity contribution in [3.63, 3.8) is 0 Å². The molecule has 1 aromatic heterocycles. The average Bonchev–Trinajstić information content (AvgIpc) is 2.85. The maximum Gasteiger partial charge on any atom is 0.269 e. The lowest BCUT2D eigenvalue weighted by Crippen LogP contribution is -2.21. The highest BCUT2D eigenvalue weighted by Gasteiger charge is 2.23. The van der Waals surface area contributed by atoms with Gasteiger partial charge in [-0.1, -0.05) is 18.2 Å². The van der Waals surface area contributed by atoms with E-state index in [9.17, 15) is 4.79 Å². The highest BCUT2D eigenvalue weighted by atomic mass is 16.1. The lowest BCUT2D eigenvalue weighted by atomic mass is 10.1. The van der Waals surface area contributed by atoms with Crippen LogP contribution in [0.1, 0.15) is 16.7 Å². The molecular formula is C14H12N4O. The molecule has 0 atom stereocenters. The third-order valence-corrected chi connectivity index (χ3v) is 3.50. The van der Waals surface area contributed by atoms with Crippen molar-refractivity contribution in [3.05, 3.63) is 62.9 Å². The molecule has 0 fully saturated rings. The van der Waals surface area contributed by atoms with E-state index in [0.717, 1.165) is 16.8 Å². The Bertz CT molecular complexity index is 742. The van der Waals surface area contributed by atoms with E-state index in [1.54, 1.807) is 13.1 Å². The van der Waals surface area contributed by atoms with Crippen LogP contribution >= 0.6 is 0 Å². The molecular weight excluding hydrogens is 240 g/mol. The molecule has 2 heterocycles. The van der Waals surface area contributed by atoms with Crippen LogP contribution in [0.25, 0.3) is 4.85 Å². The van der Waals surface area contributed by atoms with Gasteiger partial charge in [0.25, 0.3) is 5.56 Å². The second-order valence-electron chi connectivity index (χ2n) is 4.59. The number of hydrogen-bond acceptors (Lipinski definition) is 3. The van der Waals surface area contributed by atoms with Crippen LogP contribution in [0.3, 0.4) is 0 Å². The quantitative estimate of drug-likeness (QED) is 0.791. The number of nitrogens with one attached hydrogen (secondary N) is 1. The first-order chi connectivity index (χ1) is 9.20. The van der Waals surface area contributed by atoms with Gasteiger partial charge in [0.2, 0.25) is 0 Å². The van der Waals surface area contributed by atoms with Crippen LogP contribution in [-0.4, -0.2) is 10.2 Å². The van der Waals surface area contributed by atoms with Crippen LogP contribution in [0, 0.1) is 13.5 Å². The molecule has 1 N–H and O–H groups in total. The molecule has 3 rings (SSSR count). The lowest BCUT2D eigenvalue weighted by Gasteiger charge is -2.18. The third-order valence-electron chi connectivity index (χ3n) is 3.50. The minimum atomic E-state index is -0.168. The zero-order valence-electron chi connectivity index (χ0n) is 10.5. The number of aromatic nitrogens is 2. The Morgan fingerprint density at radius 3 is 3.05 bits per heavy atom.